The highest BCUT2D eigenvalue weighted by molar-refractivity contribution is 6.14. The second kappa shape index (κ2) is 19.3. The molecule has 2 amide bonds. The minimum Gasteiger partial charge on any atom is -0.478 e. The predicted molar refractivity (Wildman–Crippen MR) is 258 cm³/mol. The van der Waals surface area contributed by atoms with Gasteiger partial charge in [-0.2, -0.15) is 4.98 Å². The van der Waals surface area contributed by atoms with Crippen LogP contribution < -0.4 is 9.80 Å². The second-order valence-electron chi connectivity index (χ2n) is 19.1. The third-order valence-electron chi connectivity index (χ3n) is 13.6. The van der Waals surface area contributed by atoms with Crippen LogP contribution in [0.25, 0.3) is 55.3 Å². The van der Waals surface area contributed by atoms with Gasteiger partial charge in [-0.15, -0.1) is 0 Å². The van der Waals surface area contributed by atoms with Gasteiger partial charge >= 0.3 is 17.9 Å². The number of nitrogens with zero attached hydrogens (tertiary/aromatic N) is 4. The third kappa shape index (κ3) is 9.30. The number of fused-ring (bicyclic) bond motifs is 6. The molecule has 15 nitrogen and oxygen atoms in total. The Morgan fingerprint density at radius 2 is 1.09 bits per heavy atom. The summed E-state index contributed by atoms with van der Waals surface area (Å²) >= 11 is 0. The molecular weight excluding hydrogens is 869 g/mol. The molecule has 0 aliphatic heterocycles. The summed E-state index contributed by atoms with van der Waals surface area (Å²) in [6, 6.07) is 16.4. The summed E-state index contributed by atoms with van der Waals surface area (Å²) in [7, 11) is 1.30. The first-order chi connectivity index (χ1) is 32.4. The third-order valence-corrected chi connectivity index (χ3v) is 13.6. The summed E-state index contributed by atoms with van der Waals surface area (Å²) in [6.45, 7) is 13.9. The Balaban J connectivity index is 0.000000184. The smallest absolute Gasteiger partial charge is 0.340 e. The first-order valence-electron chi connectivity index (χ1n) is 23.5. The minimum atomic E-state index is -1.10. The maximum atomic E-state index is 13.7. The van der Waals surface area contributed by atoms with Crippen molar-refractivity contribution in [2.75, 3.05) is 16.9 Å². The Kier molecular flexibility index (Phi) is 13.5. The molecule has 0 spiro atoms. The van der Waals surface area contributed by atoms with Gasteiger partial charge in [0, 0.05) is 51.0 Å². The molecule has 0 bridgehead atoms. The molecule has 2 saturated carbocycles. The predicted octanol–water partition coefficient (Wildman–Crippen LogP) is 11.8. The van der Waals surface area contributed by atoms with Gasteiger partial charge in [-0.05, 0) is 158 Å². The number of aryl methyl sites for hydroxylation is 1. The summed E-state index contributed by atoms with van der Waals surface area (Å²) in [6.07, 6.45) is 7.36. The number of aromatic nitrogens is 2. The number of methoxy groups -OCH3 is 1. The molecule has 2 fully saturated rings. The van der Waals surface area contributed by atoms with Crippen LogP contribution in [0.5, 0.6) is 0 Å². The van der Waals surface area contributed by atoms with Crippen molar-refractivity contribution in [3.63, 3.8) is 0 Å². The van der Waals surface area contributed by atoms with Crippen LogP contribution >= 0.6 is 0 Å². The van der Waals surface area contributed by atoms with E-state index in [4.69, 9.17) is 18.1 Å². The molecule has 0 atom stereocenters. The zero-order valence-corrected chi connectivity index (χ0v) is 39.8. The summed E-state index contributed by atoms with van der Waals surface area (Å²) < 4.78 is 22.2. The Bertz CT molecular complexity index is 3070. The first kappa shape index (κ1) is 47.5. The Labute approximate surface area is 393 Å². The minimum absolute atomic E-state index is 0.000397. The highest BCUT2D eigenvalue weighted by atomic mass is 16.5. The van der Waals surface area contributed by atoms with E-state index in [0.29, 0.717) is 68.0 Å². The molecule has 2 aliphatic rings. The van der Waals surface area contributed by atoms with Gasteiger partial charge in [-0.25, -0.2) is 14.4 Å². The number of aromatic carboxylic acids is 2. The zero-order chi connectivity index (χ0) is 48.7. The average molecular weight is 927 g/mol. The maximum Gasteiger partial charge on any atom is 0.340 e. The molecule has 356 valence electrons. The average Bonchev–Trinajstić information content (AvgIpc) is 4.02. The fourth-order valence-electron chi connectivity index (χ4n) is 9.86. The number of furan rings is 2. The van der Waals surface area contributed by atoms with Crippen molar-refractivity contribution in [2.45, 2.75) is 112 Å². The second-order valence-corrected chi connectivity index (χ2v) is 19.1. The normalized spacial score (nSPS) is 18.5. The Morgan fingerprint density at radius 1 is 0.618 bits per heavy atom. The molecule has 68 heavy (non-hydrogen) atoms. The number of carboxylic acids is 2. The van der Waals surface area contributed by atoms with E-state index < -0.39 is 17.9 Å². The Hall–Kier alpha value is -7.03. The van der Waals surface area contributed by atoms with Crippen LogP contribution in [0.2, 0.25) is 0 Å². The van der Waals surface area contributed by atoms with E-state index in [1.165, 1.54) is 19.2 Å². The number of anilines is 2. The van der Waals surface area contributed by atoms with Gasteiger partial charge < -0.3 is 38.1 Å². The highest BCUT2D eigenvalue weighted by Gasteiger charge is 2.35. The highest BCUT2D eigenvalue weighted by Crippen LogP contribution is 2.41. The zero-order valence-electron chi connectivity index (χ0n) is 39.8. The Morgan fingerprint density at radius 3 is 1.54 bits per heavy atom. The molecule has 2 N–H and O–H groups in total. The molecule has 0 unspecified atom stereocenters. The van der Waals surface area contributed by atoms with E-state index in [2.05, 4.69) is 24.0 Å². The van der Waals surface area contributed by atoms with E-state index >= 15 is 0 Å². The van der Waals surface area contributed by atoms with E-state index in [1.807, 2.05) is 39.8 Å². The molecule has 2 aliphatic carbocycles. The van der Waals surface area contributed by atoms with E-state index in [-0.39, 0.29) is 52.4 Å². The number of carbonyl (C=O) groups is 5. The maximum absolute atomic E-state index is 13.7. The lowest BCUT2D eigenvalue weighted by atomic mass is 9.82. The van der Waals surface area contributed by atoms with Crippen molar-refractivity contribution in [3.8, 4) is 11.5 Å². The quantitative estimate of drug-likeness (QED) is 0.123. The summed E-state index contributed by atoms with van der Waals surface area (Å²) in [5, 5.41) is 26.1. The monoisotopic (exact) mass is 926 g/mol. The van der Waals surface area contributed by atoms with Gasteiger partial charge in [0.25, 0.3) is 5.89 Å². The molecule has 0 saturated heterocycles. The number of amides is 2. The van der Waals surface area contributed by atoms with Gasteiger partial charge in [0.1, 0.15) is 22.3 Å². The van der Waals surface area contributed by atoms with Crippen molar-refractivity contribution < 1.29 is 52.3 Å². The van der Waals surface area contributed by atoms with Crippen LogP contribution in [0.3, 0.4) is 0 Å². The number of carbonyl (C=O) groups excluding carboxylic acids is 3. The van der Waals surface area contributed by atoms with Crippen molar-refractivity contribution in [2.24, 2.45) is 23.7 Å². The number of ether oxygens (including phenoxy) is 1. The van der Waals surface area contributed by atoms with Gasteiger partial charge in [0.15, 0.2) is 5.82 Å². The lowest BCUT2D eigenvalue weighted by Crippen LogP contribution is -2.43. The SMILES string of the molecule is COC(=O)c1cc2oc3ccc(C(=O)O)cc3c2cc1N(C(=O)C1CCC(C)CC1)C(C)C.Cc1noc(-c2ccc3oc4cc(C(=O)O)c(N(C(=O)C5CCC(C)CC5)C(C)C)cc4c3c2)n1. The fourth-order valence-corrected chi connectivity index (χ4v) is 9.86. The van der Waals surface area contributed by atoms with Crippen LogP contribution in [0.1, 0.15) is 130 Å². The number of hydrogen-bond acceptors (Lipinski definition) is 11. The topological polar surface area (TPSA) is 207 Å². The number of carboxylic acid groups (broad SMARTS) is 2. The van der Waals surface area contributed by atoms with Crippen LogP contribution in [-0.4, -0.2) is 69.3 Å². The van der Waals surface area contributed by atoms with E-state index in [9.17, 15) is 34.2 Å². The van der Waals surface area contributed by atoms with Crippen LogP contribution in [0.15, 0.2) is 74.0 Å². The molecule has 7 aromatic rings. The molecular formula is C53H58N4O11. The molecule has 3 heterocycles. The van der Waals surface area contributed by atoms with Crippen LogP contribution in [-0.2, 0) is 14.3 Å². The first-order valence-corrected chi connectivity index (χ1v) is 23.5. The molecule has 0 radical (unpaired) electrons. The van der Waals surface area contributed by atoms with Crippen molar-refractivity contribution in [1.29, 1.82) is 0 Å². The van der Waals surface area contributed by atoms with E-state index in [1.54, 1.807) is 53.1 Å². The fraction of sp³-hybridized carbons (Fsp3) is 0.415. The largest absolute Gasteiger partial charge is 0.478 e. The lowest BCUT2D eigenvalue weighted by molar-refractivity contribution is -0.124. The van der Waals surface area contributed by atoms with Gasteiger partial charge in [0.2, 0.25) is 11.8 Å². The van der Waals surface area contributed by atoms with Crippen LogP contribution in [0, 0.1) is 30.6 Å². The molecule has 3 aromatic heterocycles. The lowest BCUT2D eigenvalue weighted by Gasteiger charge is -2.34. The number of hydrogen-bond donors (Lipinski definition) is 2. The van der Waals surface area contributed by atoms with Gasteiger partial charge in [0.05, 0.1) is 35.2 Å². The molecule has 15 heteroatoms. The van der Waals surface area contributed by atoms with Gasteiger partial charge in [-0.3, -0.25) is 9.59 Å². The summed E-state index contributed by atoms with van der Waals surface area (Å²) in [4.78, 5) is 71.5. The molecule has 4 aromatic carbocycles. The summed E-state index contributed by atoms with van der Waals surface area (Å²) in [5.41, 5.74) is 4.01. The number of benzene rings is 4. The van der Waals surface area contributed by atoms with Crippen molar-refractivity contribution in [3.05, 3.63) is 83.2 Å². The van der Waals surface area contributed by atoms with Gasteiger partial charge in [-0.1, -0.05) is 19.0 Å². The number of esters is 1. The van der Waals surface area contributed by atoms with Crippen molar-refractivity contribution >= 4 is 85.0 Å². The van der Waals surface area contributed by atoms with E-state index in [0.717, 1.165) is 67.7 Å². The standard InChI is InChI=1S/C27H29N3O5.C26H29NO6/c1-14(2)30(26(31)17-7-5-15(3)6-8-17)22-12-20-19-11-18(25-28-16(4)29-35-25)9-10-23(19)34-24(20)13-21(22)27(32)33;1-14(2)27(24(28)16-7-5-15(3)6-8-16)21-12-19-18-11-17(25(29)30)9-10-22(18)33-23(19)13-20(21)26(31)32-4/h9-15,17H,5-8H2,1-4H3,(H,32,33);9-16H,5-8H2,1-4H3,(H,29,30). The van der Waals surface area contributed by atoms with Crippen LogP contribution in [0.4, 0.5) is 11.4 Å². The molecule has 9 rings (SSSR count). The number of rotatable bonds is 10. The van der Waals surface area contributed by atoms with Crippen molar-refractivity contribution in [1.82, 2.24) is 10.1 Å². The summed E-state index contributed by atoms with van der Waals surface area (Å²) in [5.74, 6) is -0.735.